The van der Waals surface area contributed by atoms with Crippen molar-refractivity contribution in [1.29, 1.82) is 0 Å². The van der Waals surface area contributed by atoms with Crippen LogP contribution >= 0.6 is 0 Å². The minimum atomic E-state index is -0.199. The monoisotopic (exact) mass is 254 g/mol. The van der Waals surface area contributed by atoms with Crippen molar-refractivity contribution in [2.24, 2.45) is 0 Å². The SMILES string of the molecule is O=C1/C=C\CCCCCCCOCCCCCO1. The van der Waals surface area contributed by atoms with Crippen LogP contribution in [0.15, 0.2) is 12.2 Å². The second kappa shape index (κ2) is 11.3. The van der Waals surface area contributed by atoms with Gasteiger partial charge in [0, 0.05) is 19.3 Å². The molecule has 18 heavy (non-hydrogen) atoms. The molecule has 1 aliphatic rings. The maximum Gasteiger partial charge on any atom is 0.330 e. The molecule has 0 aliphatic carbocycles. The Morgan fingerprint density at radius 1 is 0.778 bits per heavy atom. The van der Waals surface area contributed by atoms with E-state index in [9.17, 15) is 4.79 Å². The lowest BCUT2D eigenvalue weighted by molar-refractivity contribution is -0.137. The van der Waals surface area contributed by atoms with Gasteiger partial charge in [-0.1, -0.05) is 25.3 Å². The number of rotatable bonds is 0. The van der Waals surface area contributed by atoms with Crippen LogP contribution in [0.4, 0.5) is 0 Å². The van der Waals surface area contributed by atoms with Crippen molar-refractivity contribution >= 4 is 5.97 Å². The van der Waals surface area contributed by atoms with Gasteiger partial charge in [0.05, 0.1) is 6.61 Å². The van der Waals surface area contributed by atoms with Crippen LogP contribution < -0.4 is 0 Å². The number of esters is 1. The lowest BCUT2D eigenvalue weighted by atomic mass is 10.1. The van der Waals surface area contributed by atoms with Gasteiger partial charge in [0.25, 0.3) is 0 Å². The maximum absolute atomic E-state index is 11.3. The first-order chi connectivity index (χ1) is 8.89. The number of carbonyl (C=O) groups is 1. The van der Waals surface area contributed by atoms with E-state index >= 15 is 0 Å². The van der Waals surface area contributed by atoms with Crippen LogP contribution in [0.25, 0.3) is 0 Å². The molecular weight excluding hydrogens is 228 g/mol. The molecule has 3 nitrogen and oxygen atoms in total. The largest absolute Gasteiger partial charge is 0.463 e. The first-order valence-electron chi connectivity index (χ1n) is 7.30. The quantitative estimate of drug-likeness (QED) is 0.619. The lowest BCUT2D eigenvalue weighted by Crippen LogP contribution is -2.03. The zero-order valence-electron chi connectivity index (χ0n) is 11.4. The van der Waals surface area contributed by atoms with Crippen molar-refractivity contribution in [3.05, 3.63) is 12.2 Å². The lowest BCUT2D eigenvalue weighted by Gasteiger charge is -2.04. The van der Waals surface area contributed by atoms with E-state index in [4.69, 9.17) is 9.47 Å². The van der Waals surface area contributed by atoms with Crippen molar-refractivity contribution in [3.63, 3.8) is 0 Å². The van der Waals surface area contributed by atoms with E-state index in [1.165, 1.54) is 25.7 Å². The van der Waals surface area contributed by atoms with E-state index in [1.54, 1.807) is 6.08 Å². The van der Waals surface area contributed by atoms with Crippen molar-refractivity contribution in [3.8, 4) is 0 Å². The maximum atomic E-state index is 11.3. The second-order valence-corrected chi connectivity index (χ2v) is 4.80. The highest BCUT2D eigenvalue weighted by atomic mass is 16.5. The van der Waals surface area contributed by atoms with Crippen LogP contribution in [0, 0.1) is 0 Å². The predicted octanol–water partition coefficient (Wildman–Crippen LogP) is 3.63. The summed E-state index contributed by atoms with van der Waals surface area (Å²) in [4.78, 5) is 11.3. The average molecular weight is 254 g/mol. The van der Waals surface area contributed by atoms with Crippen LogP contribution in [-0.2, 0) is 14.3 Å². The van der Waals surface area contributed by atoms with Gasteiger partial charge < -0.3 is 9.47 Å². The minimum absolute atomic E-state index is 0.199. The number of carbonyl (C=O) groups excluding carboxylic acids is 1. The molecule has 104 valence electrons. The number of hydrogen-bond acceptors (Lipinski definition) is 3. The molecule has 1 rings (SSSR count). The number of hydrogen-bond donors (Lipinski definition) is 0. The third kappa shape index (κ3) is 9.23. The Morgan fingerprint density at radius 2 is 1.39 bits per heavy atom. The average Bonchev–Trinajstić information content (AvgIpc) is 2.37. The smallest absolute Gasteiger partial charge is 0.330 e. The number of ether oxygens (including phenoxy) is 2. The Labute approximate surface area is 111 Å². The summed E-state index contributed by atoms with van der Waals surface area (Å²) in [5.74, 6) is -0.199. The molecule has 0 fully saturated rings. The number of allylic oxidation sites excluding steroid dienone is 1. The van der Waals surface area contributed by atoms with E-state index < -0.39 is 0 Å². The fraction of sp³-hybridized carbons (Fsp3) is 0.800. The standard InChI is InChI=1S/C15H26O3/c16-15-11-7-4-2-1-3-5-8-12-17-13-9-6-10-14-18-15/h7,11H,1-6,8-10,12-14H2/b11-7-. The van der Waals surface area contributed by atoms with E-state index in [-0.39, 0.29) is 5.97 Å². The summed E-state index contributed by atoms with van der Waals surface area (Å²) >= 11 is 0. The fourth-order valence-corrected chi connectivity index (χ4v) is 1.98. The highest BCUT2D eigenvalue weighted by molar-refractivity contribution is 5.81. The fourth-order valence-electron chi connectivity index (χ4n) is 1.98. The molecule has 0 saturated heterocycles. The molecule has 0 aromatic heterocycles. The molecule has 0 saturated carbocycles. The van der Waals surface area contributed by atoms with Crippen LogP contribution in [0.2, 0.25) is 0 Å². The summed E-state index contributed by atoms with van der Waals surface area (Å²) in [5, 5.41) is 0. The van der Waals surface area contributed by atoms with Crippen molar-refractivity contribution in [2.75, 3.05) is 19.8 Å². The van der Waals surface area contributed by atoms with Gasteiger partial charge in [-0.05, 0) is 38.5 Å². The minimum Gasteiger partial charge on any atom is -0.463 e. The van der Waals surface area contributed by atoms with Gasteiger partial charge in [-0.2, -0.15) is 0 Å². The molecule has 0 spiro atoms. The van der Waals surface area contributed by atoms with Gasteiger partial charge in [0.1, 0.15) is 0 Å². The molecule has 0 amide bonds. The Hall–Kier alpha value is -0.830. The highest BCUT2D eigenvalue weighted by Gasteiger charge is 1.98. The molecule has 0 bridgehead atoms. The van der Waals surface area contributed by atoms with Gasteiger partial charge in [-0.25, -0.2) is 4.79 Å². The van der Waals surface area contributed by atoms with Crippen molar-refractivity contribution in [1.82, 2.24) is 0 Å². The molecule has 0 radical (unpaired) electrons. The summed E-state index contributed by atoms with van der Waals surface area (Å²) < 4.78 is 10.7. The first kappa shape index (κ1) is 15.2. The second-order valence-electron chi connectivity index (χ2n) is 4.80. The predicted molar refractivity (Wildman–Crippen MR) is 72.5 cm³/mol. The van der Waals surface area contributed by atoms with Gasteiger partial charge in [-0.3, -0.25) is 0 Å². The Kier molecular flexibility index (Phi) is 9.54. The summed E-state index contributed by atoms with van der Waals surface area (Å²) in [7, 11) is 0. The molecule has 0 aromatic rings. The molecule has 1 aliphatic heterocycles. The van der Waals surface area contributed by atoms with Crippen molar-refractivity contribution in [2.45, 2.75) is 57.8 Å². The summed E-state index contributed by atoms with van der Waals surface area (Å²) in [6.45, 7) is 2.27. The van der Waals surface area contributed by atoms with E-state index in [0.29, 0.717) is 6.61 Å². The van der Waals surface area contributed by atoms with E-state index in [2.05, 4.69) is 0 Å². The summed E-state index contributed by atoms with van der Waals surface area (Å²) in [5.41, 5.74) is 0. The third-order valence-electron chi connectivity index (χ3n) is 3.09. The normalized spacial score (nSPS) is 23.9. The topological polar surface area (TPSA) is 35.5 Å². The summed E-state index contributed by atoms with van der Waals surface area (Å²) in [6, 6.07) is 0. The Balaban J connectivity index is 2.18. The third-order valence-corrected chi connectivity index (χ3v) is 3.09. The van der Waals surface area contributed by atoms with E-state index in [1.807, 2.05) is 6.08 Å². The van der Waals surface area contributed by atoms with Gasteiger partial charge in [-0.15, -0.1) is 0 Å². The Morgan fingerprint density at radius 3 is 2.22 bits per heavy atom. The summed E-state index contributed by atoms with van der Waals surface area (Å²) in [6.07, 6.45) is 13.6. The zero-order valence-corrected chi connectivity index (χ0v) is 11.4. The van der Waals surface area contributed by atoms with Gasteiger partial charge in [0.2, 0.25) is 0 Å². The van der Waals surface area contributed by atoms with Gasteiger partial charge in [0.15, 0.2) is 0 Å². The van der Waals surface area contributed by atoms with Crippen LogP contribution in [-0.4, -0.2) is 25.8 Å². The molecule has 0 aromatic carbocycles. The first-order valence-corrected chi connectivity index (χ1v) is 7.30. The van der Waals surface area contributed by atoms with Crippen molar-refractivity contribution < 1.29 is 14.3 Å². The van der Waals surface area contributed by atoms with Crippen LogP contribution in [0.3, 0.4) is 0 Å². The van der Waals surface area contributed by atoms with Crippen LogP contribution in [0.1, 0.15) is 57.8 Å². The molecule has 0 atom stereocenters. The molecule has 0 unspecified atom stereocenters. The zero-order chi connectivity index (χ0) is 12.9. The number of cyclic esters (lactones) is 1. The molecular formula is C15H26O3. The molecule has 0 N–H and O–H groups in total. The highest BCUT2D eigenvalue weighted by Crippen LogP contribution is 2.07. The van der Waals surface area contributed by atoms with E-state index in [0.717, 1.165) is 45.3 Å². The Bertz CT molecular complexity index is 236. The van der Waals surface area contributed by atoms with Crippen LogP contribution in [0.5, 0.6) is 0 Å². The molecule has 1 heterocycles. The molecule has 3 heteroatoms. The van der Waals surface area contributed by atoms with Gasteiger partial charge >= 0.3 is 5.97 Å².